The van der Waals surface area contributed by atoms with Crippen molar-refractivity contribution < 1.29 is 4.39 Å². The fourth-order valence-corrected chi connectivity index (χ4v) is 3.78. The van der Waals surface area contributed by atoms with E-state index in [2.05, 4.69) is 31.9 Å². The van der Waals surface area contributed by atoms with Crippen LogP contribution in [0.5, 0.6) is 0 Å². The summed E-state index contributed by atoms with van der Waals surface area (Å²) >= 11 is 14.1. The molecule has 0 fully saturated rings. The Balaban J connectivity index is 2.15. The molecule has 1 atom stereocenters. The normalized spacial score (nSPS) is 12.7. The Hall–Kier alpha value is 0.0600. The average molecular weight is 414 g/mol. The van der Waals surface area contributed by atoms with E-state index >= 15 is 0 Å². The van der Waals surface area contributed by atoms with Gasteiger partial charge in [-0.15, -0.1) is 11.3 Å². The minimum atomic E-state index is -0.407. The van der Waals surface area contributed by atoms with Crippen molar-refractivity contribution in [2.75, 3.05) is 0 Å². The first kappa shape index (κ1) is 14.5. The van der Waals surface area contributed by atoms with Crippen LogP contribution in [-0.4, -0.2) is 0 Å². The van der Waals surface area contributed by atoms with Crippen molar-refractivity contribution in [3.63, 3.8) is 0 Å². The summed E-state index contributed by atoms with van der Waals surface area (Å²) in [4.78, 5) is 1.05. The van der Waals surface area contributed by atoms with Crippen molar-refractivity contribution in [1.82, 2.24) is 0 Å². The second-order valence-corrected chi connectivity index (χ2v) is 7.49. The standard InChI is InChI=1S/C12H9Br2ClFNS/c13-7-5-11(18-12(7)14)10(17)4-6-1-2-8(15)9(16)3-6/h1-3,5,10H,4,17H2. The second kappa shape index (κ2) is 6.01. The Labute approximate surface area is 130 Å². The van der Waals surface area contributed by atoms with Gasteiger partial charge < -0.3 is 5.73 Å². The second-order valence-electron chi connectivity index (χ2n) is 3.83. The summed E-state index contributed by atoms with van der Waals surface area (Å²) in [6.45, 7) is 0. The summed E-state index contributed by atoms with van der Waals surface area (Å²) in [5.41, 5.74) is 6.95. The molecule has 1 heterocycles. The van der Waals surface area contributed by atoms with Crippen molar-refractivity contribution in [2.45, 2.75) is 12.5 Å². The maximum Gasteiger partial charge on any atom is 0.142 e. The molecule has 0 radical (unpaired) electrons. The zero-order valence-corrected chi connectivity index (χ0v) is 13.8. The summed E-state index contributed by atoms with van der Waals surface area (Å²) in [6, 6.07) is 6.60. The fourth-order valence-electron chi connectivity index (χ4n) is 1.57. The van der Waals surface area contributed by atoms with Gasteiger partial charge >= 0.3 is 0 Å². The fraction of sp³-hybridized carbons (Fsp3) is 0.167. The van der Waals surface area contributed by atoms with Gasteiger partial charge in [0.05, 0.1) is 8.81 Å². The van der Waals surface area contributed by atoms with Gasteiger partial charge in [0.1, 0.15) is 5.82 Å². The number of halogens is 4. The molecule has 2 N–H and O–H groups in total. The molecule has 1 nitrogen and oxygen atoms in total. The van der Waals surface area contributed by atoms with Gasteiger partial charge in [-0.2, -0.15) is 0 Å². The number of benzene rings is 1. The van der Waals surface area contributed by atoms with E-state index in [9.17, 15) is 4.39 Å². The molecule has 0 saturated carbocycles. The quantitative estimate of drug-likeness (QED) is 0.725. The molecule has 1 aromatic heterocycles. The lowest BCUT2D eigenvalue weighted by molar-refractivity contribution is 0.623. The smallest absolute Gasteiger partial charge is 0.142 e. The lowest BCUT2D eigenvalue weighted by Gasteiger charge is -2.09. The highest BCUT2D eigenvalue weighted by molar-refractivity contribution is 9.13. The first-order valence-corrected chi connectivity index (χ1v) is 7.89. The monoisotopic (exact) mass is 411 g/mol. The van der Waals surface area contributed by atoms with Gasteiger partial charge in [-0.3, -0.25) is 0 Å². The topological polar surface area (TPSA) is 26.0 Å². The SMILES string of the molecule is NC(Cc1ccc(Cl)c(F)c1)c1cc(Br)c(Br)s1. The molecule has 96 valence electrons. The summed E-state index contributed by atoms with van der Waals surface area (Å²) in [5.74, 6) is -0.407. The Morgan fingerprint density at radius 3 is 2.61 bits per heavy atom. The average Bonchev–Trinajstić information content (AvgIpc) is 2.65. The summed E-state index contributed by atoms with van der Waals surface area (Å²) < 4.78 is 15.3. The van der Waals surface area contributed by atoms with Crippen LogP contribution in [0.4, 0.5) is 4.39 Å². The molecular weight excluding hydrogens is 404 g/mol. The molecule has 0 aliphatic rings. The first-order valence-electron chi connectivity index (χ1n) is 5.11. The van der Waals surface area contributed by atoms with E-state index < -0.39 is 5.82 Å². The molecule has 0 aliphatic heterocycles. The van der Waals surface area contributed by atoms with Crippen LogP contribution in [0.2, 0.25) is 5.02 Å². The molecular formula is C12H9Br2ClFNS. The van der Waals surface area contributed by atoms with Gasteiger partial charge in [-0.25, -0.2) is 4.39 Å². The highest BCUT2D eigenvalue weighted by atomic mass is 79.9. The van der Waals surface area contributed by atoms with E-state index in [0.29, 0.717) is 6.42 Å². The van der Waals surface area contributed by atoms with Crippen LogP contribution in [0, 0.1) is 5.82 Å². The summed E-state index contributed by atoms with van der Waals surface area (Å²) in [7, 11) is 0. The molecule has 0 bridgehead atoms. The molecule has 0 amide bonds. The van der Waals surface area contributed by atoms with Gasteiger partial charge in [-0.1, -0.05) is 17.7 Å². The van der Waals surface area contributed by atoms with Crippen LogP contribution in [0.1, 0.15) is 16.5 Å². The maximum atomic E-state index is 13.3. The number of hydrogen-bond donors (Lipinski definition) is 1. The van der Waals surface area contributed by atoms with Crippen molar-refractivity contribution >= 4 is 54.8 Å². The van der Waals surface area contributed by atoms with Crippen molar-refractivity contribution in [1.29, 1.82) is 0 Å². The highest BCUT2D eigenvalue weighted by Gasteiger charge is 2.13. The van der Waals surface area contributed by atoms with Gasteiger partial charge in [0.25, 0.3) is 0 Å². The van der Waals surface area contributed by atoms with Gasteiger partial charge in [0.15, 0.2) is 0 Å². The van der Waals surface area contributed by atoms with E-state index in [4.69, 9.17) is 17.3 Å². The highest BCUT2D eigenvalue weighted by Crippen LogP contribution is 2.35. The largest absolute Gasteiger partial charge is 0.323 e. The molecule has 0 spiro atoms. The van der Waals surface area contributed by atoms with E-state index in [1.165, 1.54) is 6.07 Å². The zero-order chi connectivity index (χ0) is 13.3. The number of nitrogens with two attached hydrogens (primary N) is 1. The van der Waals surface area contributed by atoms with Crippen LogP contribution < -0.4 is 5.73 Å². The molecule has 2 aromatic rings. The Bertz CT molecular complexity index is 554. The molecule has 0 aliphatic carbocycles. The van der Waals surface area contributed by atoms with Crippen LogP contribution >= 0.6 is 54.8 Å². The summed E-state index contributed by atoms with van der Waals surface area (Å²) in [5, 5.41) is 0.133. The van der Waals surface area contributed by atoms with Crippen LogP contribution in [0.25, 0.3) is 0 Å². The third kappa shape index (κ3) is 3.33. The Morgan fingerprint density at radius 1 is 1.33 bits per heavy atom. The first-order chi connectivity index (χ1) is 8.47. The van der Waals surface area contributed by atoms with Gasteiger partial charge in [0.2, 0.25) is 0 Å². The zero-order valence-electron chi connectivity index (χ0n) is 9.09. The van der Waals surface area contributed by atoms with Crippen molar-refractivity contribution in [3.8, 4) is 0 Å². The Kier molecular flexibility index (Phi) is 4.83. The number of rotatable bonds is 3. The molecule has 6 heteroatoms. The van der Waals surface area contributed by atoms with E-state index in [1.54, 1.807) is 23.5 Å². The molecule has 1 aromatic carbocycles. The van der Waals surface area contributed by atoms with E-state index in [0.717, 1.165) is 18.7 Å². The Morgan fingerprint density at radius 2 is 2.06 bits per heavy atom. The van der Waals surface area contributed by atoms with E-state index in [-0.39, 0.29) is 11.1 Å². The third-order valence-corrected chi connectivity index (χ3v) is 6.16. The molecule has 2 rings (SSSR count). The van der Waals surface area contributed by atoms with E-state index in [1.807, 2.05) is 6.07 Å². The molecule has 18 heavy (non-hydrogen) atoms. The van der Waals surface area contributed by atoms with Crippen molar-refractivity contribution in [2.24, 2.45) is 5.73 Å². The number of thiophene rings is 1. The minimum absolute atomic E-state index is 0.133. The van der Waals surface area contributed by atoms with Crippen LogP contribution in [0.3, 0.4) is 0 Å². The number of hydrogen-bond acceptors (Lipinski definition) is 2. The molecule has 0 saturated heterocycles. The predicted molar refractivity (Wildman–Crippen MR) is 81.8 cm³/mol. The summed E-state index contributed by atoms with van der Waals surface area (Å²) in [6.07, 6.45) is 0.577. The molecule has 1 unspecified atom stereocenters. The van der Waals surface area contributed by atoms with Crippen LogP contribution in [0.15, 0.2) is 32.5 Å². The maximum absolute atomic E-state index is 13.3. The van der Waals surface area contributed by atoms with Crippen molar-refractivity contribution in [3.05, 3.63) is 53.8 Å². The lowest BCUT2D eigenvalue weighted by Crippen LogP contribution is -2.11. The third-order valence-electron chi connectivity index (χ3n) is 2.47. The lowest BCUT2D eigenvalue weighted by atomic mass is 10.1. The van der Waals surface area contributed by atoms with Crippen LogP contribution in [-0.2, 0) is 6.42 Å². The van der Waals surface area contributed by atoms with Gasteiger partial charge in [-0.05, 0) is 62.0 Å². The minimum Gasteiger partial charge on any atom is -0.323 e. The van der Waals surface area contributed by atoms with Gasteiger partial charge in [0, 0.05) is 15.4 Å². The predicted octanol–water partition coefficient (Wildman–Crippen LogP) is 5.31.